The molecule has 162 valence electrons. The Kier molecular flexibility index (Phi) is 10.2. The van der Waals surface area contributed by atoms with Crippen LogP contribution in [0.15, 0.2) is 54.6 Å². The zero-order chi connectivity index (χ0) is 22.0. The number of aryl methyl sites for hydroxylation is 1. The van der Waals surface area contributed by atoms with Gasteiger partial charge in [0, 0.05) is 11.3 Å². The Labute approximate surface area is 198 Å². The van der Waals surface area contributed by atoms with Crippen LogP contribution >= 0.6 is 47.0 Å². The highest BCUT2D eigenvalue weighted by atomic mass is 35.6. The number of benzene rings is 2. The average molecular weight is 487 g/mol. The maximum atomic E-state index is 12.4. The van der Waals surface area contributed by atoms with Gasteiger partial charge in [0.1, 0.15) is 6.17 Å². The molecule has 0 bridgehead atoms. The van der Waals surface area contributed by atoms with Crippen molar-refractivity contribution in [1.82, 2.24) is 10.6 Å². The van der Waals surface area contributed by atoms with Crippen molar-refractivity contribution >= 4 is 63.7 Å². The van der Waals surface area contributed by atoms with E-state index < -0.39 is 9.96 Å². The van der Waals surface area contributed by atoms with Gasteiger partial charge in [-0.15, -0.1) is 0 Å². The van der Waals surface area contributed by atoms with Crippen LogP contribution in [0.5, 0.6) is 0 Å². The molecule has 2 rings (SSSR count). The van der Waals surface area contributed by atoms with Gasteiger partial charge in [0.2, 0.25) is 3.79 Å². The molecule has 0 spiro atoms. The lowest BCUT2D eigenvalue weighted by Crippen LogP contribution is -2.56. The fourth-order valence-corrected chi connectivity index (χ4v) is 3.38. The number of anilines is 1. The van der Waals surface area contributed by atoms with E-state index in [1.165, 1.54) is 31.2 Å². The topological polar surface area (TPSA) is 53.2 Å². The molecule has 4 nitrogen and oxygen atoms in total. The minimum Gasteiger partial charge on any atom is -0.339 e. The number of nitrogens with one attached hydrogen (secondary N) is 3. The molecule has 30 heavy (non-hydrogen) atoms. The van der Waals surface area contributed by atoms with Crippen molar-refractivity contribution in [2.45, 2.75) is 49.0 Å². The maximum Gasteiger partial charge on any atom is 0.252 e. The van der Waals surface area contributed by atoms with Crippen LogP contribution in [-0.2, 0) is 6.42 Å². The van der Waals surface area contributed by atoms with E-state index in [1.807, 2.05) is 18.2 Å². The highest BCUT2D eigenvalue weighted by molar-refractivity contribution is 7.80. The molecule has 0 aromatic heterocycles. The number of carbonyl (C=O) groups excluding carboxylic acids is 1. The summed E-state index contributed by atoms with van der Waals surface area (Å²) in [7, 11) is 0. The Bertz CT molecular complexity index is 811. The lowest BCUT2D eigenvalue weighted by atomic mass is 10.1. The molecule has 0 aliphatic heterocycles. The normalized spacial score (nSPS) is 12.1. The first-order chi connectivity index (χ1) is 14.3. The third-order valence-electron chi connectivity index (χ3n) is 4.44. The first kappa shape index (κ1) is 24.7. The van der Waals surface area contributed by atoms with Crippen LogP contribution in [0.1, 0.15) is 48.5 Å². The van der Waals surface area contributed by atoms with Gasteiger partial charge in [0.25, 0.3) is 5.91 Å². The SMILES string of the molecule is CCCCCCc1ccc(NC(=S)NC(NC(=O)c2ccccc2)C(Cl)(Cl)Cl)cc1. The molecule has 0 saturated heterocycles. The average Bonchev–Trinajstić information content (AvgIpc) is 2.72. The van der Waals surface area contributed by atoms with E-state index in [0.29, 0.717) is 5.56 Å². The molecule has 0 saturated carbocycles. The molecule has 0 aliphatic rings. The first-order valence-corrected chi connectivity index (χ1v) is 11.4. The van der Waals surface area contributed by atoms with Crippen LogP contribution in [0.25, 0.3) is 0 Å². The summed E-state index contributed by atoms with van der Waals surface area (Å²) in [5, 5.41) is 8.81. The van der Waals surface area contributed by atoms with Gasteiger partial charge in [-0.2, -0.15) is 0 Å². The highest BCUT2D eigenvalue weighted by Gasteiger charge is 2.34. The van der Waals surface area contributed by atoms with E-state index in [4.69, 9.17) is 47.0 Å². The first-order valence-electron chi connectivity index (χ1n) is 9.88. The number of carbonyl (C=O) groups is 1. The van der Waals surface area contributed by atoms with Crippen LogP contribution in [0.2, 0.25) is 0 Å². The molecular weight excluding hydrogens is 461 g/mol. The Morgan fingerprint density at radius 2 is 1.63 bits per heavy atom. The van der Waals surface area contributed by atoms with Gasteiger partial charge >= 0.3 is 0 Å². The van der Waals surface area contributed by atoms with Crippen molar-refractivity contribution in [3.63, 3.8) is 0 Å². The Balaban J connectivity index is 1.92. The largest absolute Gasteiger partial charge is 0.339 e. The summed E-state index contributed by atoms with van der Waals surface area (Å²) in [5.74, 6) is -0.380. The molecule has 8 heteroatoms. The lowest BCUT2D eigenvalue weighted by molar-refractivity contribution is 0.0934. The van der Waals surface area contributed by atoms with Gasteiger partial charge < -0.3 is 16.0 Å². The van der Waals surface area contributed by atoms with E-state index in [2.05, 4.69) is 35.0 Å². The second-order valence-corrected chi connectivity index (χ2v) is 9.70. The van der Waals surface area contributed by atoms with Crippen molar-refractivity contribution in [1.29, 1.82) is 0 Å². The number of amides is 1. The molecule has 0 radical (unpaired) electrons. The highest BCUT2D eigenvalue weighted by Crippen LogP contribution is 2.29. The Morgan fingerprint density at radius 1 is 0.967 bits per heavy atom. The summed E-state index contributed by atoms with van der Waals surface area (Å²) in [6, 6.07) is 16.7. The van der Waals surface area contributed by atoms with Gasteiger partial charge in [0.05, 0.1) is 0 Å². The van der Waals surface area contributed by atoms with Crippen molar-refractivity contribution in [3.8, 4) is 0 Å². The zero-order valence-corrected chi connectivity index (χ0v) is 19.8. The fraction of sp³-hybridized carbons (Fsp3) is 0.364. The number of unbranched alkanes of at least 4 members (excludes halogenated alkanes) is 3. The van der Waals surface area contributed by atoms with Gasteiger partial charge in [-0.05, 0) is 54.9 Å². The van der Waals surface area contributed by atoms with E-state index in [1.54, 1.807) is 24.3 Å². The second-order valence-electron chi connectivity index (χ2n) is 6.92. The molecular formula is C22H26Cl3N3OS. The number of hydrogen-bond donors (Lipinski definition) is 3. The summed E-state index contributed by atoms with van der Waals surface area (Å²) in [4.78, 5) is 12.4. The number of alkyl halides is 3. The summed E-state index contributed by atoms with van der Waals surface area (Å²) in [6.07, 6.45) is 4.97. The van der Waals surface area contributed by atoms with E-state index >= 15 is 0 Å². The van der Waals surface area contributed by atoms with Crippen LogP contribution in [0, 0.1) is 0 Å². The number of thiocarbonyl (C=S) groups is 1. The molecule has 1 amide bonds. The van der Waals surface area contributed by atoms with Gasteiger partial charge in [-0.3, -0.25) is 4.79 Å². The number of rotatable bonds is 9. The Hall–Kier alpha value is -1.53. The van der Waals surface area contributed by atoms with E-state index in [0.717, 1.165) is 12.1 Å². The van der Waals surface area contributed by atoms with Crippen LogP contribution in [-0.4, -0.2) is 21.0 Å². The van der Waals surface area contributed by atoms with Gasteiger partial charge in [-0.1, -0.05) is 91.3 Å². The quantitative estimate of drug-likeness (QED) is 0.170. The predicted molar refractivity (Wildman–Crippen MR) is 132 cm³/mol. The minimum absolute atomic E-state index is 0.232. The van der Waals surface area contributed by atoms with Crippen molar-refractivity contribution in [2.24, 2.45) is 0 Å². The molecule has 0 fully saturated rings. The third kappa shape index (κ3) is 8.68. The summed E-state index contributed by atoms with van der Waals surface area (Å²) in [5.41, 5.74) is 2.54. The lowest BCUT2D eigenvalue weighted by Gasteiger charge is -2.27. The van der Waals surface area contributed by atoms with Crippen molar-refractivity contribution in [3.05, 3.63) is 65.7 Å². The van der Waals surface area contributed by atoms with Gasteiger partial charge in [-0.25, -0.2) is 0 Å². The molecule has 0 aliphatic carbocycles. The molecule has 3 N–H and O–H groups in total. The predicted octanol–water partition coefficient (Wildman–Crippen LogP) is 6.22. The third-order valence-corrected chi connectivity index (χ3v) is 5.32. The van der Waals surface area contributed by atoms with Crippen molar-refractivity contribution < 1.29 is 4.79 Å². The van der Waals surface area contributed by atoms with Crippen LogP contribution in [0.3, 0.4) is 0 Å². The summed E-state index contributed by atoms with van der Waals surface area (Å²) in [6.45, 7) is 2.21. The van der Waals surface area contributed by atoms with E-state index in [-0.39, 0.29) is 11.0 Å². The molecule has 1 unspecified atom stereocenters. The minimum atomic E-state index is -1.81. The molecule has 2 aromatic carbocycles. The van der Waals surface area contributed by atoms with Gasteiger partial charge in [0.15, 0.2) is 5.11 Å². The Morgan fingerprint density at radius 3 is 2.23 bits per heavy atom. The number of halogens is 3. The van der Waals surface area contributed by atoms with E-state index in [9.17, 15) is 4.79 Å². The summed E-state index contributed by atoms with van der Waals surface area (Å²) >= 11 is 23.4. The standard InChI is InChI=1S/C22H26Cl3N3OS/c1-2-3-4-6-9-16-12-14-18(15-13-16)26-21(30)28-20(22(23,24)25)27-19(29)17-10-7-5-8-11-17/h5,7-8,10-15,20H,2-4,6,9H2,1H3,(H,27,29)(H2,26,28,30). The molecule has 2 aromatic rings. The second kappa shape index (κ2) is 12.4. The smallest absolute Gasteiger partial charge is 0.252 e. The number of hydrogen-bond acceptors (Lipinski definition) is 2. The maximum absolute atomic E-state index is 12.4. The van der Waals surface area contributed by atoms with Crippen LogP contribution < -0.4 is 16.0 Å². The molecule has 1 atom stereocenters. The fourth-order valence-electron chi connectivity index (χ4n) is 2.81. The van der Waals surface area contributed by atoms with Crippen molar-refractivity contribution in [2.75, 3.05) is 5.32 Å². The van der Waals surface area contributed by atoms with Crippen LogP contribution in [0.4, 0.5) is 5.69 Å². The zero-order valence-electron chi connectivity index (χ0n) is 16.8. The summed E-state index contributed by atoms with van der Waals surface area (Å²) < 4.78 is -1.81. The monoisotopic (exact) mass is 485 g/mol. The molecule has 0 heterocycles.